The number of nitrogens with zero attached hydrogens (tertiary/aromatic N) is 4. The average Bonchev–Trinajstić information content (AvgIpc) is 3.71. The van der Waals surface area contributed by atoms with Crippen LogP contribution in [0.1, 0.15) is 16.7 Å². The van der Waals surface area contributed by atoms with E-state index in [-0.39, 0.29) is 6.61 Å². The van der Waals surface area contributed by atoms with Crippen LogP contribution in [0.5, 0.6) is 0 Å². The van der Waals surface area contributed by atoms with Gasteiger partial charge in [-0.05, 0) is 28.8 Å². The standard InChI is InChI=1S/C38H38N6O4/c45-23-32-35(47-25-29-17-9-3-10-18-29)34(46-24-28-15-7-2-8-16-28)31(48-32)22-44-26-40-33-36(41-30-19-11-4-12-20-30)42-38(43-37(33)44)39-21-27-13-5-1-6-14-27/h1-20,26,31-32,34-35,45H,21-25H2,(H2,39,41,42,43)/t31-,32+,34+,35+/m0/s1. The van der Waals surface area contributed by atoms with Crippen LogP contribution in [-0.2, 0) is 40.5 Å². The molecule has 0 radical (unpaired) electrons. The van der Waals surface area contributed by atoms with Crippen molar-refractivity contribution in [1.82, 2.24) is 19.5 Å². The van der Waals surface area contributed by atoms with Crippen molar-refractivity contribution in [1.29, 1.82) is 0 Å². The van der Waals surface area contributed by atoms with Crippen molar-refractivity contribution in [3.63, 3.8) is 0 Å². The van der Waals surface area contributed by atoms with Gasteiger partial charge in [0.2, 0.25) is 5.95 Å². The molecule has 0 spiro atoms. The second-order valence-electron chi connectivity index (χ2n) is 11.7. The van der Waals surface area contributed by atoms with Crippen molar-refractivity contribution in [2.24, 2.45) is 0 Å². The molecule has 0 aliphatic carbocycles. The van der Waals surface area contributed by atoms with Gasteiger partial charge in [-0.2, -0.15) is 9.97 Å². The first kappa shape index (κ1) is 31.5. The Labute approximate surface area is 279 Å². The summed E-state index contributed by atoms with van der Waals surface area (Å²) in [7, 11) is 0. The molecular formula is C38H38N6O4. The van der Waals surface area contributed by atoms with Gasteiger partial charge in [0.05, 0.1) is 32.7 Å². The lowest BCUT2D eigenvalue weighted by atomic mass is 10.1. The maximum Gasteiger partial charge on any atom is 0.227 e. The van der Waals surface area contributed by atoms with E-state index in [1.807, 2.05) is 114 Å². The summed E-state index contributed by atoms with van der Waals surface area (Å²) in [5.41, 5.74) is 5.33. The summed E-state index contributed by atoms with van der Waals surface area (Å²) in [4.78, 5) is 14.5. The normalized spacial score (nSPS) is 19.0. The molecule has 1 saturated heterocycles. The van der Waals surface area contributed by atoms with E-state index in [0.29, 0.717) is 49.2 Å². The third kappa shape index (κ3) is 7.53. The summed E-state index contributed by atoms with van der Waals surface area (Å²) in [5, 5.41) is 17.2. The van der Waals surface area contributed by atoms with E-state index in [1.165, 1.54) is 0 Å². The van der Waals surface area contributed by atoms with Gasteiger partial charge in [0.15, 0.2) is 17.0 Å². The highest BCUT2D eigenvalue weighted by atomic mass is 16.6. The predicted molar refractivity (Wildman–Crippen MR) is 185 cm³/mol. The molecule has 10 heteroatoms. The minimum Gasteiger partial charge on any atom is -0.394 e. The average molecular weight is 643 g/mol. The van der Waals surface area contributed by atoms with Crippen molar-refractivity contribution in [3.05, 3.63) is 144 Å². The van der Waals surface area contributed by atoms with Crippen molar-refractivity contribution < 1.29 is 19.3 Å². The maximum atomic E-state index is 10.4. The minimum atomic E-state index is -0.567. The van der Waals surface area contributed by atoms with Crippen molar-refractivity contribution in [2.45, 2.75) is 50.7 Å². The van der Waals surface area contributed by atoms with Gasteiger partial charge in [0.1, 0.15) is 24.4 Å². The Morgan fingerprint density at radius 1 is 0.688 bits per heavy atom. The van der Waals surface area contributed by atoms with E-state index in [0.717, 1.165) is 22.4 Å². The molecule has 48 heavy (non-hydrogen) atoms. The van der Waals surface area contributed by atoms with Crippen LogP contribution >= 0.6 is 0 Å². The monoisotopic (exact) mass is 642 g/mol. The lowest BCUT2D eigenvalue weighted by molar-refractivity contribution is -0.0838. The van der Waals surface area contributed by atoms with Gasteiger partial charge < -0.3 is 34.5 Å². The minimum absolute atomic E-state index is 0.202. The van der Waals surface area contributed by atoms with Crippen LogP contribution in [-0.4, -0.2) is 55.6 Å². The third-order valence-electron chi connectivity index (χ3n) is 8.33. The fourth-order valence-corrected chi connectivity index (χ4v) is 5.91. The zero-order valence-electron chi connectivity index (χ0n) is 26.4. The molecule has 1 fully saturated rings. The smallest absolute Gasteiger partial charge is 0.227 e. The summed E-state index contributed by atoms with van der Waals surface area (Å²) in [6, 6.07) is 40.0. The molecule has 0 saturated carbocycles. The van der Waals surface area contributed by atoms with Crippen LogP contribution in [0.3, 0.4) is 0 Å². The van der Waals surface area contributed by atoms with Crippen LogP contribution in [0.4, 0.5) is 17.5 Å². The molecule has 6 aromatic rings. The Hall–Kier alpha value is -5.13. The molecule has 0 unspecified atom stereocenters. The quantitative estimate of drug-likeness (QED) is 0.129. The first-order valence-electron chi connectivity index (χ1n) is 16.1. The number of benzene rings is 4. The number of aromatic nitrogens is 4. The lowest BCUT2D eigenvalue weighted by Crippen LogP contribution is -2.39. The fraction of sp³-hybridized carbons (Fsp3) is 0.237. The van der Waals surface area contributed by atoms with Crippen molar-refractivity contribution >= 4 is 28.6 Å². The number of imidazole rings is 1. The lowest BCUT2D eigenvalue weighted by Gasteiger charge is -2.25. The fourth-order valence-electron chi connectivity index (χ4n) is 5.91. The Kier molecular flexibility index (Phi) is 9.95. The molecule has 0 bridgehead atoms. The molecule has 3 heterocycles. The largest absolute Gasteiger partial charge is 0.394 e. The molecule has 244 valence electrons. The summed E-state index contributed by atoms with van der Waals surface area (Å²) in [5.74, 6) is 1.05. The summed E-state index contributed by atoms with van der Waals surface area (Å²) < 4.78 is 21.4. The highest BCUT2D eigenvalue weighted by Crippen LogP contribution is 2.31. The van der Waals surface area contributed by atoms with Gasteiger partial charge in [-0.1, -0.05) is 109 Å². The summed E-state index contributed by atoms with van der Waals surface area (Å²) in [6.07, 6.45) is -0.234. The summed E-state index contributed by atoms with van der Waals surface area (Å²) >= 11 is 0. The predicted octanol–water partition coefficient (Wildman–Crippen LogP) is 6.11. The Morgan fingerprint density at radius 2 is 1.25 bits per heavy atom. The zero-order valence-corrected chi connectivity index (χ0v) is 26.4. The van der Waals surface area contributed by atoms with Crippen molar-refractivity contribution in [2.75, 3.05) is 17.2 Å². The number of anilines is 3. The number of hydrogen-bond acceptors (Lipinski definition) is 9. The topological polar surface area (TPSA) is 116 Å². The Morgan fingerprint density at radius 3 is 1.85 bits per heavy atom. The number of rotatable bonds is 14. The van der Waals surface area contributed by atoms with E-state index in [4.69, 9.17) is 29.2 Å². The van der Waals surface area contributed by atoms with E-state index >= 15 is 0 Å². The molecule has 4 aromatic carbocycles. The maximum absolute atomic E-state index is 10.4. The highest BCUT2D eigenvalue weighted by Gasteiger charge is 2.46. The van der Waals surface area contributed by atoms with E-state index < -0.39 is 24.4 Å². The van der Waals surface area contributed by atoms with Gasteiger partial charge in [-0.3, -0.25) is 0 Å². The molecule has 2 aromatic heterocycles. The molecule has 1 aliphatic heterocycles. The second kappa shape index (κ2) is 15.2. The molecule has 4 atom stereocenters. The molecule has 0 amide bonds. The van der Waals surface area contributed by atoms with Crippen LogP contribution in [0, 0.1) is 0 Å². The van der Waals surface area contributed by atoms with Crippen molar-refractivity contribution in [3.8, 4) is 0 Å². The first-order valence-corrected chi connectivity index (χ1v) is 16.1. The van der Waals surface area contributed by atoms with Gasteiger partial charge in [0.25, 0.3) is 0 Å². The molecule has 10 nitrogen and oxygen atoms in total. The molecule has 1 aliphatic rings. The van der Waals surface area contributed by atoms with E-state index in [9.17, 15) is 5.11 Å². The van der Waals surface area contributed by atoms with E-state index in [1.54, 1.807) is 6.33 Å². The number of nitrogens with one attached hydrogen (secondary N) is 2. The number of aliphatic hydroxyl groups is 1. The third-order valence-corrected chi connectivity index (χ3v) is 8.33. The van der Waals surface area contributed by atoms with Crippen LogP contribution in [0.2, 0.25) is 0 Å². The SMILES string of the molecule is OC[C@H]1O[C@@H](Cn2cnc3c(Nc4ccccc4)nc(NCc4ccccc4)nc32)[C@@H](OCc2ccccc2)[C@@H]1OCc1ccccc1. The number of fused-ring (bicyclic) bond motifs is 1. The van der Waals surface area contributed by atoms with Crippen LogP contribution in [0.25, 0.3) is 11.2 Å². The van der Waals surface area contributed by atoms with Gasteiger partial charge in [-0.15, -0.1) is 0 Å². The summed E-state index contributed by atoms with van der Waals surface area (Å²) in [6.45, 7) is 1.48. The van der Waals surface area contributed by atoms with Gasteiger partial charge in [-0.25, -0.2) is 4.98 Å². The van der Waals surface area contributed by atoms with Crippen LogP contribution < -0.4 is 10.6 Å². The number of ether oxygens (including phenoxy) is 3. The Balaban J connectivity index is 1.18. The van der Waals surface area contributed by atoms with E-state index in [2.05, 4.69) is 22.8 Å². The van der Waals surface area contributed by atoms with Gasteiger partial charge >= 0.3 is 0 Å². The van der Waals surface area contributed by atoms with Gasteiger partial charge in [0, 0.05) is 12.2 Å². The highest BCUT2D eigenvalue weighted by molar-refractivity contribution is 5.86. The number of hydrogen-bond donors (Lipinski definition) is 3. The molecule has 7 rings (SSSR count). The molecular weight excluding hydrogens is 604 g/mol. The zero-order chi connectivity index (χ0) is 32.5. The van der Waals surface area contributed by atoms with Crippen LogP contribution in [0.15, 0.2) is 128 Å². The number of aliphatic hydroxyl groups excluding tert-OH is 1. The second-order valence-corrected chi connectivity index (χ2v) is 11.7. The first-order chi connectivity index (χ1) is 23.7. The molecule has 3 N–H and O–H groups in total. The number of para-hydroxylation sites is 1. The Bertz CT molecular complexity index is 1880.